The van der Waals surface area contributed by atoms with Gasteiger partial charge in [-0.05, 0) is 43.4 Å². The van der Waals surface area contributed by atoms with Crippen LogP contribution in [0.25, 0.3) is 0 Å². The van der Waals surface area contributed by atoms with Gasteiger partial charge < -0.3 is 0 Å². The monoisotopic (exact) mass is 395 g/mol. The molecule has 1 aliphatic carbocycles. The van der Waals surface area contributed by atoms with Crippen LogP contribution < -0.4 is 4.72 Å². The van der Waals surface area contributed by atoms with Gasteiger partial charge in [-0.15, -0.1) is 0 Å². The Morgan fingerprint density at radius 3 is 2.72 bits per heavy atom. The molecule has 1 aromatic carbocycles. The molecule has 0 spiro atoms. The Balaban J connectivity index is 1.99. The maximum absolute atomic E-state index is 12.1. The molecule has 1 N–H and O–H groups in total. The van der Waals surface area contributed by atoms with E-state index in [1.54, 1.807) is 18.2 Å². The summed E-state index contributed by atoms with van der Waals surface area (Å²) in [5, 5.41) is 0. The highest BCUT2D eigenvalue weighted by atomic mass is 79.9. The lowest BCUT2D eigenvalue weighted by Crippen LogP contribution is -2.28. The van der Waals surface area contributed by atoms with Crippen molar-refractivity contribution in [3.05, 3.63) is 28.7 Å². The standard InChI is InChI=1S/C12H15Br2NO2S/c13-10-2-1-3-12(7-10)18(16,17)15-8-9-4-5-11(14)6-9/h1-3,7,9,11,15H,4-6,8H2. The van der Waals surface area contributed by atoms with Gasteiger partial charge in [0.05, 0.1) is 4.90 Å². The summed E-state index contributed by atoms with van der Waals surface area (Å²) in [6, 6.07) is 6.76. The van der Waals surface area contributed by atoms with Crippen molar-refractivity contribution in [3.63, 3.8) is 0 Å². The van der Waals surface area contributed by atoms with Crippen LogP contribution in [-0.4, -0.2) is 19.8 Å². The molecule has 100 valence electrons. The van der Waals surface area contributed by atoms with Gasteiger partial charge in [-0.25, -0.2) is 13.1 Å². The lowest BCUT2D eigenvalue weighted by molar-refractivity contribution is 0.520. The van der Waals surface area contributed by atoms with E-state index in [2.05, 4.69) is 36.6 Å². The molecule has 1 saturated carbocycles. The minimum absolute atomic E-state index is 0.310. The zero-order chi connectivity index (χ0) is 13.2. The van der Waals surface area contributed by atoms with Crippen molar-refractivity contribution in [2.45, 2.75) is 29.0 Å². The number of hydrogen-bond donors (Lipinski definition) is 1. The Labute approximate surface area is 125 Å². The summed E-state index contributed by atoms with van der Waals surface area (Å²) in [5.74, 6) is 0.441. The Bertz CT molecular complexity index is 519. The summed E-state index contributed by atoms with van der Waals surface area (Å²) in [6.07, 6.45) is 3.25. The molecule has 1 aromatic rings. The molecule has 0 aromatic heterocycles. The third-order valence-electron chi connectivity index (χ3n) is 3.15. The van der Waals surface area contributed by atoms with Gasteiger partial charge in [-0.2, -0.15) is 0 Å². The third-order valence-corrected chi connectivity index (χ3v) is 5.89. The van der Waals surface area contributed by atoms with Crippen LogP contribution in [0.15, 0.2) is 33.6 Å². The van der Waals surface area contributed by atoms with Crippen LogP contribution in [0.1, 0.15) is 19.3 Å². The highest BCUT2D eigenvalue weighted by Gasteiger charge is 2.24. The van der Waals surface area contributed by atoms with Crippen LogP contribution in [0.3, 0.4) is 0 Å². The Kier molecular flexibility index (Phi) is 4.86. The molecule has 2 unspecified atom stereocenters. The largest absolute Gasteiger partial charge is 0.240 e. The van der Waals surface area contributed by atoms with Crippen molar-refractivity contribution >= 4 is 41.9 Å². The van der Waals surface area contributed by atoms with Gasteiger partial charge in [0.15, 0.2) is 0 Å². The molecule has 2 atom stereocenters. The normalized spacial score (nSPS) is 24.3. The summed E-state index contributed by atoms with van der Waals surface area (Å²) in [6.45, 7) is 0.525. The molecule has 2 rings (SSSR count). The van der Waals surface area contributed by atoms with E-state index in [-0.39, 0.29) is 0 Å². The van der Waals surface area contributed by atoms with E-state index in [1.165, 1.54) is 0 Å². The minimum atomic E-state index is -3.38. The van der Waals surface area contributed by atoms with Gasteiger partial charge in [-0.1, -0.05) is 37.9 Å². The first kappa shape index (κ1) is 14.5. The van der Waals surface area contributed by atoms with Gasteiger partial charge in [0, 0.05) is 15.8 Å². The fraction of sp³-hybridized carbons (Fsp3) is 0.500. The summed E-state index contributed by atoms with van der Waals surface area (Å²) in [4.78, 5) is 0.850. The quantitative estimate of drug-likeness (QED) is 0.793. The van der Waals surface area contributed by atoms with Crippen molar-refractivity contribution < 1.29 is 8.42 Å². The molecule has 1 fully saturated rings. The highest BCUT2D eigenvalue weighted by Crippen LogP contribution is 2.30. The van der Waals surface area contributed by atoms with Gasteiger partial charge in [0.1, 0.15) is 0 Å². The minimum Gasteiger partial charge on any atom is -0.211 e. The van der Waals surface area contributed by atoms with Crippen molar-refractivity contribution in [2.75, 3.05) is 6.54 Å². The molecule has 0 aliphatic heterocycles. The van der Waals surface area contributed by atoms with Crippen molar-refractivity contribution in [2.24, 2.45) is 5.92 Å². The molecule has 18 heavy (non-hydrogen) atoms. The summed E-state index contributed by atoms with van der Waals surface area (Å²) in [5.41, 5.74) is 0. The molecular weight excluding hydrogens is 382 g/mol. The molecule has 0 saturated heterocycles. The second-order valence-corrected chi connectivity index (χ2v) is 8.56. The van der Waals surface area contributed by atoms with E-state index >= 15 is 0 Å². The number of rotatable bonds is 4. The van der Waals surface area contributed by atoms with Gasteiger partial charge in [-0.3, -0.25) is 0 Å². The lowest BCUT2D eigenvalue weighted by atomic mass is 10.1. The zero-order valence-corrected chi connectivity index (χ0v) is 13.8. The predicted octanol–water partition coefficient (Wildman–Crippen LogP) is 3.29. The van der Waals surface area contributed by atoms with E-state index in [9.17, 15) is 8.42 Å². The number of alkyl halides is 1. The first-order valence-electron chi connectivity index (χ1n) is 5.86. The number of halogens is 2. The third kappa shape index (κ3) is 3.79. The van der Waals surface area contributed by atoms with E-state index in [1.807, 2.05) is 6.07 Å². The average Bonchev–Trinajstić information content (AvgIpc) is 2.73. The van der Waals surface area contributed by atoms with E-state index in [0.29, 0.717) is 22.2 Å². The van der Waals surface area contributed by atoms with Crippen LogP contribution in [-0.2, 0) is 10.0 Å². The maximum Gasteiger partial charge on any atom is 0.240 e. The van der Waals surface area contributed by atoms with E-state index in [0.717, 1.165) is 23.7 Å². The second kappa shape index (κ2) is 6.03. The van der Waals surface area contributed by atoms with Crippen LogP contribution in [0, 0.1) is 5.92 Å². The molecular formula is C12H15Br2NO2S. The summed E-state index contributed by atoms with van der Waals surface area (Å²) in [7, 11) is -3.38. The van der Waals surface area contributed by atoms with Gasteiger partial charge in [0.25, 0.3) is 0 Å². The predicted molar refractivity (Wildman–Crippen MR) is 79.4 cm³/mol. The first-order chi connectivity index (χ1) is 8.47. The Morgan fingerprint density at radius 1 is 1.33 bits per heavy atom. The average molecular weight is 397 g/mol. The van der Waals surface area contributed by atoms with Gasteiger partial charge in [0.2, 0.25) is 10.0 Å². The van der Waals surface area contributed by atoms with Crippen LogP contribution >= 0.6 is 31.9 Å². The van der Waals surface area contributed by atoms with E-state index in [4.69, 9.17) is 0 Å². The molecule has 0 bridgehead atoms. The van der Waals surface area contributed by atoms with Crippen LogP contribution in [0.4, 0.5) is 0 Å². The molecule has 0 heterocycles. The second-order valence-electron chi connectivity index (χ2n) is 4.59. The molecule has 1 aliphatic rings. The van der Waals surface area contributed by atoms with Crippen molar-refractivity contribution in [1.29, 1.82) is 0 Å². The van der Waals surface area contributed by atoms with Crippen molar-refractivity contribution in [1.82, 2.24) is 4.72 Å². The number of nitrogens with one attached hydrogen (secondary N) is 1. The summed E-state index contributed by atoms with van der Waals surface area (Å²) >= 11 is 6.85. The van der Waals surface area contributed by atoms with Crippen LogP contribution in [0.5, 0.6) is 0 Å². The maximum atomic E-state index is 12.1. The smallest absolute Gasteiger partial charge is 0.211 e. The topological polar surface area (TPSA) is 46.2 Å². The highest BCUT2D eigenvalue weighted by molar-refractivity contribution is 9.10. The molecule has 6 heteroatoms. The molecule has 0 amide bonds. The van der Waals surface area contributed by atoms with E-state index < -0.39 is 10.0 Å². The first-order valence-corrected chi connectivity index (χ1v) is 9.06. The number of hydrogen-bond acceptors (Lipinski definition) is 2. The SMILES string of the molecule is O=S(=O)(NCC1CCC(Br)C1)c1cccc(Br)c1. The van der Waals surface area contributed by atoms with Crippen molar-refractivity contribution in [3.8, 4) is 0 Å². The fourth-order valence-electron chi connectivity index (χ4n) is 2.14. The van der Waals surface area contributed by atoms with Gasteiger partial charge >= 0.3 is 0 Å². The zero-order valence-electron chi connectivity index (χ0n) is 9.77. The number of benzene rings is 1. The Morgan fingerprint density at radius 2 is 2.11 bits per heavy atom. The Hall–Kier alpha value is 0.0900. The molecule has 0 radical (unpaired) electrons. The number of sulfonamides is 1. The fourth-order valence-corrected chi connectivity index (χ4v) is 4.65. The van der Waals surface area contributed by atoms with Crippen LogP contribution in [0.2, 0.25) is 0 Å². The molecule has 3 nitrogen and oxygen atoms in total. The summed E-state index contributed by atoms with van der Waals surface area (Å²) < 4.78 is 27.6. The lowest BCUT2D eigenvalue weighted by Gasteiger charge is -2.11.